The van der Waals surface area contributed by atoms with E-state index >= 15 is 0 Å². The van der Waals surface area contributed by atoms with Crippen molar-refractivity contribution >= 4 is 22.4 Å². The number of rotatable bonds is 4. The molecule has 0 heterocycles. The lowest BCUT2D eigenvalue weighted by molar-refractivity contribution is 0.360. The van der Waals surface area contributed by atoms with Gasteiger partial charge in [0.25, 0.3) is 0 Å². The Balaban J connectivity index is 1.64. The van der Waals surface area contributed by atoms with Crippen molar-refractivity contribution in [1.29, 1.82) is 0 Å². The number of anilines is 1. The largest absolute Gasteiger partial charge is 0.352 e. The number of fused-ring (bicyclic) bond motifs is 1. The van der Waals surface area contributed by atoms with Crippen LogP contribution in [0, 0.1) is 20.8 Å². The van der Waals surface area contributed by atoms with Gasteiger partial charge in [0, 0.05) is 17.8 Å². The molecule has 0 saturated heterocycles. The van der Waals surface area contributed by atoms with Gasteiger partial charge in [-0.05, 0) is 61.1 Å². The second-order valence-electron chi connectivity index (χ2n) is 8.90. The van der Waals surface area contributed by atoms with Crippen LogP contribution in [-0.2, 0) is 6.54 Å². The fraction of sp³-hybridized carbons (Fsp3) is 0.370. The molecule has 31 heavy (non-hydrogen) atoms. The summed E-state index contributed by atoms with van der Waals surface area (Å²) in [6, 6.07) is 19.8. The number of nitrogens with two attached hydrogens (primary N) is 1. The average molecular weight is 415 g/mol. The normalized spacial score (nSPS) is 19.4. The highest BCUT2D eigenvalue weighted by atomic mass is 15.2. The Morgan fingerprint density at radius 1 is 0.968 bits per heavy atom. The molecule has 162 valence electrons. The predicted octanol–water partition coefficient (Wildman–Crippen LogP) is 5.59. The fourth-order valence-corrected chi connectivity index (χ4v) is 4.73. The Morgan fingerprint density at radius 3 is 2.45 bits per heavy atom. The van der Waals surface area contributed by atoms with Crippen LogP contribution in [0.15, 0.2) is 59.6 Å². The molecular weight excluding hydrogens is 380 g/mol. The SMILES string of the molecule is Cc1cc(C)c(NC(=NCc2cccc3ccccc23)N[C@H]2CCCC[C@@H]2N)c(C)c1. The second-order valence-corrected chi connectivity index (χ2v) is 8.90. The highest BCUT2D eigenvalue weighted by Gasteiger charge is 2.23. The first-order chi connectivity index (χ1) is 15.0. The van der Waals surface area contributed by atoms with Gasteiger partial charge in [0.15, 0.2) is 5.96 Å². The minimum atomic E-state index is 0.165. The topological polar surface area (TPSA) is 62.4 Å². The summed E-state index contributed by atoms with van der Waals surface area (Å²) in [5.74, 6) is 0.810. The van der Waals surface area contributed by atoms with Crippen LogP contribution in [0.25, 0.3) is 10.8 Å². The zero-order chi connectivity index (χ0) is 21.8. The summed E-state index contributed by atoms with van der Waals surface area (Å²) >= 11 is 0. The molecule has 0 amide bonds. The Labute approximate surface area is 186 Å². The zero-order valence-electron chi connectivity index (χ0n) is 18.9. The molecule has 1 fully saturated rings. The van der Waals surface area contributed by atoms with E-state index in [1.807, 2.05) is 0 Å². The molecule has 4 N–H and O–H groups in total. The van der Waals surface area contributed by atoms with Crippen molar-refractivity contribution in [3.05, 3.63) is 76.9 Å². The Kier molecular flexibility index (Phi) is 6.57. The first-order valence-electron chi connectivity index (χ1n) is 11.4. The second kappa shape index (κ2) is 9.52. The maximum Gasteiger partial charge on any atom is 0.196 e. The van der Waals surface area contributed by atoms with Crippen LogP contribution in [0.2, 0.25) is 0 Å². The summed E-state index contributed by atoms with van der Waals surface area (Å²) in [7, 11) is 0. The van der Waals surface area contributed by atoms with Gasteiger partial charge >= 0.3 is 0 Å². The Morgan fingerprint density at radius 2 is 1.68 bits per heavy atom. The van der Waals surface area contributed by atoms with Crippen LogP contribution < -0.4 is 16.4 Å². The van der Waals surface area contributed by atoms with Gasteiger partial charge in [-0.25, -0.2) is 4.99 Å². The van der Waals surface area contributed by atoms with Crippen LogP contribution in [0.3, 0.4) is 0 Å². The molecule has 1 aliphatic rings. The first kappa shape index (κ1) is 21.4. The van der Waals surface area contributed by atoms with Crippen molar-refractivity contribution in [3.8, 4) is 0 Å². The van der Waals surface area contributed by atoms with E-state index in [0.717, 1.165) is 24.5 Å². The van der Waals surface area contributed by atoms with Crippen LogP contribution in [0.1, 0.15) is 47.9 Å². The molecule has 0 aliphatic heterocycles. The van der Waals surface area contributed by atoms with Crippen molar-refractivity contribution < 1.29 is 0 Å². The minimum Gasteiger partial charge on any atom is -0.352 e. The number of guanidine groups is 1. The van der Waals surface area contributed by atoms with Gasteiger partial charge < -0.3 is 16.4 Å². The van der Waals surface area contributed by atoms with E-state index in [2.05, 4.69) is 86.0 Å². The molecule has 4 rings (SSSR count). The lowest BCUT2D eigenvalue weighted by atomic mass is 9.91. The van der Waals surface area contributed by atoms with Crippen molar-refractivity contribution in [2.75, 3.05) is 5.32 Å². The fourth-order valence-electron chi connectivity index (χ4n) is 4.73. The van der Waals surface area contributed by atoms with Crippen LogP contribution in [0.4, 0.5) is 5.69 Å². The van der Waals surface area contributed by atoms with Crippen molar-refractivity contribution in [2.45, 2.75) is 65.1 Å². The van der Waals surface area contributed by atoms with Gasteiger partial charge in [-0.3, -0.25) is 0 Å². The number of benzene rings is 3. The number of nitrogens with one attached hydrogen (secondary N) is 2. The summed E-state index contributed by atoms with van der Waals surface area (Å²) < 4.78 is 0. The first-order valence-corrected chi connectivity index (χ1v) is 11.4. The molecule has 0 unspecified atom stereocenters. The van der Waals surface area contributed by atoms with Crippen LogP contribution in [-0.4, -0.2) is 18.0 Å². The summed E-state index contributed by atoms with van der Waals surface area (Å²) in [6.07, 6.45) is 4.58. The van der Waals surface area contributed by atoms with E-state index in [1.165, 1.54) is 45.9 Å². The standard InChI is InChI=1S/C27H34N4/c1-18-15-19(2)26(20(3)16-18)31-27(30-25-14-7-6-13-24(25)28)29-17-22-11-8-10-21-9-4-5-12-23(21)22/h4-5,8-12,15-16,24-25H,6-7,13-14,17,28H2,1-3H3,(H2,29,30,31)/t24-,25-/m0/s1. The summed E-state index contributed by atoms with van der Waals surface area (Å²) in [4.78, 5) is 5.01. The molecule has 4 nitrogen and oxygen atoms in total. The highest BCUT2D eigenvalue weighted by molar-refractivity contribution is 5.95. The quantitative estimate of drug-likeness (QED) is 0.385. The van der Waals surface area contributed by atoms with Gasteiger partial charge in [0.2, 0.25) is 0 Å². The molecule has 0 spiro atoms. The molecule has 1 saturated carbocycles. The monoisotopic (exact) mass is 414 g/mol. The lowest BCUT2D eigenvalue weighted by Gasteiger charge is -2.31. The van der Waals surface area contributed by atoms with Crippen molar-refractivity contribution in [3.63, 3.8) is 0 Å². The van der Waals surface area contributed by atoms with E-state index in [0.29, 0.717) is 6.54 Å². The van der Waals surface area contributed by atoms with Gasteiger partial charge in [-0.1, -0.05) is 73.0 Å². The van der Waals surface area contributed by atoms with E-state index in [1.54, 1.807) is 0 Å². The van der Waals surface area contributed by atoms with Gasteiger partial charge in [-0.15, -0.1) is 0 Å². The number of hydrogen-bond donors (Lipinski definition) is 3. The van der Waals surface area contributed by atoms with E-state index in [-0.39, 0.29) is 12.1 Å². The third-order valence-electron chi connectivity index (χ3n) is 6.35. The third-order valence-corrected chi connectivity index (χ3v) is 6.35. The molecule has 1 aliphatic carbocycles. The maximum atomic E-state index is 6.44. The van der Waals surface area contributed by atoms with E-state index in [4.69, 9.17) is 10.7 Å². The van der Waals surface area contributed by atoms with Gasteiger partial charge in [0.1, 0.15) is 0 Å². The van der Waals surface area contributed by atoms with Crippen molar-refractivity contribution in [2.24, 2.45) is 10.7 Å². The minimum absolute atomic E-state index is 0.165. The molecule has 2 atom stereocenters. The number of aliphatic imine (C=N–C) groups is 1. The number of nitrogens with zero attached hydrogens (tertiary/aromatic N) is 1. The zero-order valence-corrected chi connectivity index (χ0v) is 18.9. The van der Waals surface area contributed by atoms with Gasteiger partial charge in [0.05, 0.1) is 6.54 Å². The average Bonchev–Trinajstić information content (AvgIpc) is 2.75. The number of aryl methyl sites for hydroxylation is 3. The molecule has 4 heteroatoms. The Hall–Kier alpha value is -2.85. The van der Waals surface area contributed by atoms with E-state index < -0.39 is 0 Å². The molecule has 0 bridgehead atoms. The summed E-state index contributed by atoms with van der Waals surface area (Å²) in [5.41, 5.74) is 12.5. The molecular formula is C27H34N4. The van der Waals surface area contributed by atoms with Gasteiger partial charge in [-0.2, -0.15) is 0 Å². The maximum absolute atomic E-state index is 6.44. The summed E-state index contributed by atoms with van der Waals surface area (Å²) in [5, 5.41) is 9.77. The van der Waals surface area contributed by atoms with E-state index in [9.17, 15) is 0 Å². The lowest BCUT2D eigenvalue weighted by Crippen LogP contribution is -2.51. The van der Waals surface area contributed by atoms with Crippen molar-refractivity contribution in [1.82, 2.24) is 5.32 Å². The number of hydrogen-bond acceptors (Lipinski definition) is 2. The molecule has 0 radical (unpaired) electrons. The smallest absolute Gasteiger partial charge is 0.196 e. The van der Waals surface area contributed by atoms with Crippen LogP contribution >= 0.6 is 0 Å². The molecule has 0 aromatic heterocycles. The highest BCUT2D eigenvalue weighted by Crippen LogP contribution is 2.23. The van der Waals surface area contributed by atoms with Crippen LogP contribution in [0.5, 0.6) is 0 Å². The Bertz CT molecular complexity index is 1060. The third kappa shape index (κ3) is 5.08. The molecule has 3 aromatic rings. The summed E-state index contributed by atoms with van der Waals surface area (Å²) in [6.45, 7) is 7.05. The molecule has 3 aromatic carbocycles. The predicted molar refractivity (Wildman–Crippen MR) is 133 cm³/mol.